The fourth-order valence-corrected chi connectivity index (χ4v) is 3.08. The van der Waals surface area contributed by atoms with Gasteiger partial charge >= 0.3 is 0 Å². The molecule has 20 heavy (non-hydrogen) atoms. The van der Waals surface area contributed by atoms with E-state index in [0.717, 1.165) is 28.2 Å². The lowest BCUT2D eigenvalue weighted by molar-refractivity contribution is -0.114. The van der Waals surface area contributed by atoms with E-state index in [1.807, 2.05) is 35.7 Å². The summed E-state index contributed by atoms with van der Waals surface area (Å²) >= 11 is 1.45. The summed E-state index contributed by atoms with van der Waals surface area (Å²) in [7, 11) is 0. The number of nitrogens with one attached hydrogen (secondary N) is 1. The van der Waals surface area contributed by atoms with Gasteiger partial charge in [0.15, 0.2) is 0 Å². The van der Waals surface area contributed by atoms with Crippen molar-refractivity contribution in [3.8, 4) is 0 Å². The SMILES string of the molecule is CC(=O)Nc1ccc2c(c1)N(C(=O)c1cccs1)CC2. The van der Waals surface area contributed by atoms with Crippen molar-refractivity contribution in [1.29, 1.82) is 0 Å². The lowest BCUT2D eigenvalue weighted by atomic mass is 10.1. The molecule has 0 radical (unpaired) electrons. The number of hydrogen-bond acceptors (Lipinski definition) is 3. The predicted molar refractivity (Wildman–Crippen MR) is 80.4 cm³/mol. The topological polar surface area (TPSA) is 49.4 Å². The molecule has 0 atom stereocenters. The van der Waals surface area contributed by atoms with Crippen molar-refractivity contribution in [2.75, 3.05) is 16.8 Å². The van der Waals surface area contributed by atoms with Gasteiger partial charge in [-0.1, -0.05) is 12.1 Å². The van der Waals surface area contributed by atoms with Gasteiger partial charge in [-0.3, -0.25) is 9.59 Å². The Kier molecular flexibility index (Phi) is 3.28. The van der Waals surface area contributed by atoms with Gasteiger partial charge in [-0.05, 0) is 35.6 Å². The summed E-state index contributed by atoms with van der Waals surface area (Å²) in [6.07, 6.45) is 0.854. The third-order valence-electron chi connectivity index (χ3n) is 3.28. The van der Waals surface area contributed by atoms with E-state index in [2.05, 4.69) is 5.32 Å². The molecule has 1 aliphatic heterocycles. The molecule has 0 spiro atoms. The van der Waals surface area contributed by atoms with E-state index < -0.39 is 0 Å². The number of carbonyl (C=O) groups excluding carboxylic acids is 2. The highest BCUT2D eigenvalue weighted by Crippen LogP contribution is 2.32. The highest BCUT2D eigenvalue weighted by molar-refractivity contribution is 7.12. The van der Waals surface area contributed by atoms with E-state index in [1.165, 1.54) is 18.3 Å². The van der Waals surface area contributed by atoms with Crippen LogP contribution in [0.1, 0.15) is 22.2 Å². The predicted octanol–water partition coefficient (Wildman–Crippen LogP) is 2.91. The third kappa shape index (κ3) is 2.32. The van der Waals surface area contributed by atoms with E-state index in [4.69, 9.17) is 0 Å². The van der Waals surface area contributed by atoms with Crippen molar-refractivity contribution >= 4 is 34.5 Å². The maximum atomic E-state index is 12.5. The van der Waals surface area contributed by atoms with Crippen molar-refractivity contribution in [3.63, 3.8) is 0 Å². The van der Waals surface area contributed by atoms with Crippen LogP contribution in [0.15, 0.2) is 35.7 Å². The highest BCUT2D eigenvalue weighted by atomic mass is 32.1. The molecule has 0 saturated heterocycles. The molecule has 1 N–H and O–H groups in total. The van der Waals surface area contributed by atoms with Crippen LogP contribution in [-0.4, -0.2) is 18.4 Å². The fraction of sp³-hybridized carbons (Fsp3) is 0.200. The maximum absolute atomic E-state index is 12.5. The third-order valence-corrected chi connectivity index (χ3v) is 4.14. The monoisotopic (exact) mass is 286 g/mol. The zero-order valence-corrected chi connectivity index (χ0v) is 11.9. The average Bonchev–Trinajstić information content (AvgIpc) is 3.06. The molecule has 2 aromatic rings. The molecule has 2 amide bonds. The van der Waals surface area contributed by atoms with Crippen LogP contribution in [0.2, 0.25) is 0 Å². The first kappa shape index (κ1) is 12.9. The smallest absolute Gasteiger partial charge is 0.268 e. The molecule has 1 aromatic carbocycles. The minimum atomic E-state index is -0.112. The zero-order valence-electron chi connectivity index (χ0n) is 11.1. The summed E-state index contributed by atoms with van der Waals surface area (Å²) in [6, 6.07) is 9.43. The molecule has 0 bridgehead atoms. The first-order valence-electron chi connectivity index (χ1n) is 6.41. The maximum Gasteiger partial charge on any atom is 0.268 e. The minimum absolute atomic E-state index is 0.0266. The van der Waals surface area contributed by atoms with Gasteiger partial charge in [0.05, 0.1) is 4.88 Å². The standard InChI is InChI=1S/C15H14N2O2S/c1-10(18)16-12-5-4-11-6-7-17(13(11)9-12)15(19)14-3-2-8-20-14/h2-5,8-9H,6-7H2,1H3,(H,16,18). The first-order valence-corrected chi connectivity index (χ1v) is 7.29. The Morgan fingerprint density at radius 1 is 1.30 bits per heavy atom. The summed E-state index contributed by atoms with van der Waals surface area (Å²) in [5.74, 6) is -0.0854. The molecule has 4 nitrogen and oxygen atoms in total. The van der Waals surface area contributed by atoms with Crippen LogP contribution < -0.4 is 10.2 Å². The second-order valence-electron chi connectivity index (χ2n) is 4.71. The van der Waals surface area contributed by atoms with Crippen LogP contribution in [0.3, 0.4) is 0 Å². The number of fused-ring (bicyclic) bond motifs is 1. The van der Waals surface area contributed by atoms with Crippen LogP contribution >= 0.6 is 11.3 Å². The van der Waals surface area contributed by atoms with Crippen molar-refractivity contribution in [3.05, 3.63) is 46.2 Å². The number of anilines is 2. The van der Waals surface area contributed by atoms with Gasteiger partial charge in [0.2, 0.25) is 5.91 Å². The number of benzene rings is 1. The number of thiophene rings is 1. The molecule has 0 unspecified atom stereocenters. The summed E-state index contributed by atoms with van der Waals surface area (Å²) in [6.45, 7) is 2.16. The van der Waals surface area contributed by atoms with Crippen LogP contribution in [-0.2, 0) is 11.2 Å². The molecule has 3 rings (SSSR count). The second kappa shape index (κ2) is 5.09. The van der Waals surface area contributed by atoms with Crippen molar-refractivity contribution < 1.29 is 9.59 Å². The first-order chi connectivity index (χ1) is 9.65. The molecular weight excluding hydrogens is 272 g/mol. The molecule has 0 fully saturated rings. The fourth-order valence-electron chi connectivity index (χ4n) is 2.40. The van der Waals surface area contributed by atoms with Gasteiger partial charge in [-0.25, -0.2) is 0 Å². The minimum Gasteiger partial charge on any atom is -0.326 e. The molecule has 0 saturated carbocycles. The van der Waals surface area contributed by atoms with Gasteiger partial charge in [-0.15, -0.1) is 11.3 Å². The number of carbonyl (C=O) groups is 2. The molecule has 2 heterocycles. The summed E-state index contributed by atoms with van der Waals surface area (Å²) in [4.78, 5) is 26.1. The van der Waals surface area contributed by atoms with Crippen LogP contribution in [0.5, 0.6) is 0 Å². The van der Waals surface area contributed by atoms with E-state index >= 15 is 0 Å². The van der Waals surface area contributed by atoms with Gasteiger partial charge in [-0.2, -0.15) is 0 Å². The Morgan fingerprint density at radius 3 is 2.85 bits per heavy atom. The largest absolute Gasteiger partial charge is 0.326 e. The van der Waals surface area contributed by atoms with E-state index in [9.17, 15) is 9.59 Å². The Morgan fingerprint density at radius 2 is 2.15 bits per heavy atom. The lowest BCUT2D eigenvalue weighted by Gasteiger charge is -2.17. The molecule has 1 aromatic heterocycles. The average molecular weight is 286 g/mol. The van der Waals surface area contributed by atoms with E-state index in [1.54, 1.807) is 4.90 Å². The number of nitrogens with zero attached hydrogens (tertiary/aromatic N) is 1. The Balaban J connectivity index is 1.92. The number of amides is 2. The quantitative estimate of drug-likeness (QED) is 0.922. The molecule has 0 aliphatic carbocycles. The number of hydrogen-bond donors (Lipinski definition) is 1. The Labute approximate surface area is 121 Å². The lowest BCUT2D eigenvalue weighted by Crippen LogP contribution is -2.28. The van der Waals surface area contributed by atoms with Gasteiger partial charge < -0.3 is 10.2 Å². The van der Waals surface area contributed by atoms with Crippen LogP contribution in [0.25, 0.3) is 0 Å². The molecule has 5 heteroatoms. The zero-order chi connectivity index (χ0) is 14.1. The van der Waals surface area contributed by atoms with E-state index in [-0.39, 0.29) is 11.8 Å². The van der Waals surface area contributed by atoms with Gasteiger partial charge in [0.1, 0.15) is 0 Å². The van der Waals surface area contributed by atoms with Gasteiger partial charge in [0, 0.05) is 24.8 Å². The Hall–Kier alpha value is -2.14. The van der Waals surface area contributed by atoms with Crippen molar-refractivity contribution in [1.82, 2.24) is 0 Å². The summed E-state index contributed by atoms with van der Waals surface area (Å²) < 4.78 is 0. The van der Waals surface area contributed by atoms with Crippen LogP contribution in [0.4, 0.5) is 11.4 Å². The Bertz CT molecular complexity index is 665. The molecule has 102 valence electrons. The van der Waals surface area contributed by atoms with Crippen LogP contribution in [0, 0.1) is 0 Å². The van der Waals surface area contributed by atoms with Crippen molar-refractivity contribution in [2.24, 2.45) is 0 Å². The molecular formula is C15H14N2O2S. The normalized spacial score (nSPS) is 13.2. The summed E-state index contributed by atoms with van der Waals surface area (Å²) in [5.41, 5.74) is 2.76. The highest BCUT2D eigenvalue weighted by Gasteiger charge is 2.26. The van der Waals surface area contributed by atoms with Gasteiger partial charge in [0.25, 0.3) is 5.91 Å². The number of rotatable bonds is 2. The molecule has 1 aliphatic rings. The second-order valence-corrected chi connectivity index (χ2v) is 5.66. The van der Waals surface area contributed by atoms with Crippen molar-refractivity contribution in [2.45, 2.75) is 13.3 Å². The summed E-state index contributed by atoms with van der Waals surface area (Å²) in [5, 5.41) is 4.66. The van der Waals surface area contributed by atoms with E-state index in [0.29, 0.717) is 6.54 Å².